The van der Waals surface area contributed by atoms with Crippen LogP contribution >= 0.6 is 11.6 Å². The van der Waals surface area contributed by atoms with Gasteiger partial charge in [-0.3, -0.25) is 4.79 Å². The van der Waals surface area contributed by atoms with E-state index in [0.29, 0.717) is 36.6 Å². The maximum atomic E-state index is 11.5. The monoisotopic (exact) mass is 271 g/mol. The summed E-state index contributed by atoms with van der Waals surface area (Å²) in [6.45, 7) is 0.465. The van der Waals surface area contributed by atoms with Crippen LogP contribution in [-0.4, -0.2) is 24.7 Å². The number of aliphatic hydroxyl groups is 1. The van der Waals surface area contributed by atoms with Gasteiger partial charge in [0.15, 0.2) is 0 Å². The molecule has 0 aliphatic heterocycles. The number of methoxy groups -OCH3 is 1. The van der Waals surface area contributed by atoms with Crippen LogP contribution in [0.25, 0.3) is 0 Å². The second-order valence-electron chi connectivity index (χ2n) is 3.88. The summed E-state index contributed by atoms with van der Waals surface area (Å²) in [6, 6.07) is 5.37. The lowest BCUT2D eigenvalue weighted by Gasteiger charge is -2.11. The molecule has 0 radical (unpaired) electrons. The number of unbranched alkanes of at least 4 members (excludes halogenated alkanes) is 1. The first-order valence-electron chi connectivity index (χ1n) is 5.88. The van der Waals surface area contributed by atoms with Crippen LogP contribution in [0.2, 0.25) is 5.02 Å². The van der Waals surface area contributed by atoms with Crippen LogP contribution < -0.4 is 10.1 Å². The normalized spacial score (nSPS) is 10.2. The van der Waals surface area contributed by atoms with Crippen molar-refractivity contribution in [2.45, 2.75) is 25.8 Å². The van der Waals surface area contributed by atoms with Gasteiger partial charge in [-0.1, -0.05) is 17.7 Å². The van der Waals surface area contributed by atoms with E-state index in [-0.39, 0.29) is 12.5 Å². The van der Waals surface area contributed by atoms with E-state index in [2.05, 4.69) is 5.32 Å². The van der Waals surface area contributed by atoms with Gasteiger partial charge in [0.2, 0.25) is 5.91 Å². The van der Waals surface area contributed by atoms with Crippen molar-refractivity contribution >= 4 is 17.5 Å². The Bertz CT molecular complexity index is 396. The quantitative estimate of drug-likeness (QED) is 0.747. The van der Waals surface area contributed by atoms with Crippen molar-refractivity contribution in [1.82, 2.24) is 5.32 Å². The molecule has 0 bridgehead atoms. The van der Waals surface area contributed by atoms with Gasteiger partial charge < -0.3 is 15.2 Å². The minimum atomic E-state index is -0.0505. The topological polar surface area (TPSA) is 58.6 Å². The Morgan fingerprint density at radius 1 is 1.44 bits per heavy atom. The molecule has 0 unspecified atom stereocenters. The number of rotatable bonds is 7. The second-order valence-corrected chi connectivity index (χ2v) is 4.29. The Kier molecular flexibility index (Phi) is 6.54. The lowest BCUT2D eigenvalue weighted by Crippen LogP contribution is -2.22. The first kappa shape index (κ1) is 14.8. The van der Waals surface area contributed by atoms with Crippen molar-refractivity contribution in [2.75, 3.05) is 13.7 Å². The summed E-state index contributed by atoms with van der Waals surface area (Å²) in [4.78, 5) is 11.5. The van der Waals surface area contributed by atoms with Crippen LogP contribution in [0.3, 0.4) is 0 Å². The molecule has 4 nitrogen and oxygen atoms in total. The van der Waals surface area contributed by atoms with Crippen molar-refractivity contribution < 1.29 is 14.6 Å². The Hall–Kier alpha value is -1.26. The van der Waals surface area contributed by atoms with Gasteiger partial charge >= 0.3 is 0 Å². The van der Waals surface area contributed by atoms with Crippen molar-refractivity contribution in [2.24, 2.45) is 0 Å². The fourth-order valence-electron chi connectivity index (χ4n) is 1.57. The summed E-state index contributed by atoms with van der Waals surface area (Å²) in [6.07, 6.45) is 1.73. The number of carbonyl (C=O) groups excluding carboxylic acids is 1. The predicted octanol–water partition coefficient (Wildman–Crippen LogP) is 2.13. The van der Waals surface area contributed by atoms with Gasteiger partial charge in [-0.25, -0.2) is 0 Å². The average Bonchev–Trinajstić information content (AvgIpc) is 2.37. The predicted molar refractivity (Wildman–Crippen MR) is 70.8 cm³/mol. The highest BCUT2D eigenvalue weighted by molar-refractivity contribution is 6.31. The zero-order valence-electron chi connectivity index (χ0n) is 10.4. The van der Waals surface area contributed by atoms with E-state index >= 15 is 0 Å². The number of nitrogens with one attached hydrogen (secondary N) is 1. The van der Waals surface area contributed by atoms with Gasteiger partial charge in [0.25, 0.3) is 0 Å². The minimum Gasteiger partial charge on any atom is -0.496 e. The summed E-state index contributed by atoms with van der Waals surface area (Å²) in [5, 5.41) is 12.0. The van der Waals surface area contributed by atoms with Gasteiger partial charge in [0.05, 0.1) is 7.11 Å². The van der Waals surface area contributed by atoms with Crippen molar-refractivity contribution in [3.8, 4) is 5.75 Å². The molecule has 100 valence electrons. The number of halogens is 1. The van der Waals surface area contributed by atoms with E-state index < -0.39 is 0 Å². The molecule has 0 saturated carbocycles. The third-order valence-electron chi connectivity index (χ3n) is 2.57. The van der Waals surface area contributed by atoms with Crippen molar-refractivity contribution in [1.29, 1.82) is 0 Å². The van der Waals surface area contributed by atoms with Crippen LogP contribution in [0.4, 0.5) is 0 Å². The Morgan fingerprint density at radius 2 is 2.22 bits per heavy atom. The van der Waals surface area contributed by atoms with E-state index in [9.17, 15) is 4.79 Å². The van der Waals surface area contributed by atoms with Gasteiger partial charge in [-0.2, -0.15) is 0 Å². The maximum Gasteiger partial charge on any atom is 0.220 e. The SMILES string of the molecule is COc1cccc(Cl)c1CNC(=O)CCCCO. The first-order chi connectivity index (χ1) is 8.69. The number of ether oxygens (including phenoxy) is 1. The molecule has 5 heteroatoms. The van der Waals surface area contributed by atoms with Gasteiger partial charge in [-0.05, 0) is 25.0 Å². The minimum absolute atomic E-state index is 0.0505. The van der Waals surface area contributed by atoms with Crippen LogP contribution in [0.1, 0.15) is 24.8 Å². The Labute approximate surface area is 112 Å². The molecule has 0 aliphatic rings. The maximum absolute atomic E-state index is 11.5. The highest BCUT2D eigenvalue weighted by Crippen LogP contribution is 2.25. The van der Waals surface area contributed by atoms with Crippen LogP contribution in [0, 0.1) is 0 Å². The van der Waals surface area contributed by atoms with Crippen molar-refractivity contribution in [3.63, 3.8) is 0 Å². The summed E-state index contributed by atoms with van der Waals surface area (Å²) in [7, 11) is 1.57. The fourth-order valence-corrected chi connectivity index (χ4v) is 1.81. The molecule has 0 atom stereocenters. The molecule has 1 rings (SSSR count). The third kappa shape index (κ3) is 4.55. The largest absolute Gasteiger partial charge is 0.496 e. The fraction of sp³-hybridized carbons (Fsp3) is 0.462. The zero-order chi connectivity index (χ0) is 13.4. The molecule has 0 fully saturated rings. The average molecular weight is 272 g/mol. The number of benzene rings is 1. The lowest BCUT2D eigenvalue weighted by molar-refractivity contribution is -0.121. The highest BCUT2D eigenvalue weighted by Gasteiger charge is 2.09. The Balaban J connectivity index is 2.50. The number of aliphatic hydroxyl groups excluding tert-OH is 1. The standard InChI is InChI=1S/C13H18ClNO3/c1-18-12-6-4-5-11(14)10(12)9-15-13(17)7-2-3-8-16/h4-6,16H,2-3,7-9H2,1H3,(H,15,17). The summed E-state index contributed by atoms with van der Waals surface area (Å²) in [5.41, 5.74) is 0.775. The summed E-state index contributed by atoms with van der Waals surface area (Å²) in [5.74, 6) is 0.614. The molecule has 0 heterocycles. The highest BCUT2D eigenvalue weighted by atomic mass is 35.5. The van der Waals surface area contributed by atoms with Crippen LogP contribution in [0.5, 0.6) is 5.75 Å². The number of carbonyl (C=O) groups is 1. The molecule has 1 amide bonds. The molecule has 0 spiro atoms. The van der Waals surface area contributed by atoms with E-state index in [0.717, 1.165) is 5.56 Å². The number of amides is 1. The van der Waals surface area contributed by atoms with Gasteiger partial charge in [0.1, 0.15) is 5.75 Å². The molecule has 1 aromatic rings. The van der Waals surface area contributed by atoms with Gasteiger partial charge in [-0.15, -0.1) is 0 Å². The molecule has 2 N–H and O–H groups in total. The van der Waals surface area contributed by atoms with E-state index in [1.165, 1.54) is 0 Å². The smallest absolute Gasteiger partial charge is 0.220 e. The van der Waals surface area contributed by atoms with Crippen LogP contribution in [0.15, 0.2) is 18.2 Å². The number of hydrogen-bond donors (Lipinski definition) is 2. The van der Waals surface area contributed by atoms with E-state index in [4.69, 9.17) is 21.4 Å². The lowest BCUT2D eigenvalue weighted by atomic mass is 10.2. The van der Waals surface area contributed by atoms with Crippen LogP contribution in [-0.2, 0) is 11.3 Å². The zero-order valence-corrected chi connectivity index (χ0v) is 11.2. The van der Waals surface area contributed by atoms with Gasteiger partial charge in [0, 0.05) is 30.2 Å². The molecular weight excluding hydrogens is 254 g/mol. The molecule has 0 saturated heterocycles. The molecular formula is C13H18ClNO3. The second kappa shape index (κ2) is 7.95. The molecule has 0 aromatic heterocycles. The van der Waals surface area contributed by atoms with E-state index in [1.54, 1.807) is 25.3 Å². The molecule has 1 aromatic carbocycles. The third-order valence-corrected chi connectivity index (χ3v) is 2.92. The van der Waals surface area contributed by atoms with E-state index in [1.807, 2.05) is 0 Å². The first-order valence-corrected chi connectivity index (χ1v) is 6.25. The molecule has 0 aliphatic carbocycles. The number of hydrogen-bond acceptors (Lipinski definition) is 3. The van der Waals surface area contributed by atoms with Crippen molar-refractivity contribution in [3.05, 3.63) is 28.8 Å². The molecule has 18 heavy (non-hydrogen) atoms. The summed E-state index contributed by atoms with van der Waals surface area (Å²) >= 11 is 6.05. The summed E-state index contributed by atoms with van der Waals surface area (Å²) < 4.78 is 5.19. The Morgan fingerprint density at radius 3 is 2.89 bits per heavy atom.